The van der Waals surface area contributed by atoms with Crippen molar-refractivity contribution in [3.8, 4) is 0 Å². The Hall–Kier alpha value is -1.40. The summed E-state index contributed by atoms with van der Waals surface area (Å²) in [6.45, 7) is 6.92. The van der Waals surface area contributed by atoms with E-state index in [0.717, 1.165) is 24.1 Å². The van der Waals surface area contributed by atoms with Gasteiger partial charge in [0.05, 0.1) is 4.90 Å². The third-order valence-corrected chi connectivity index (χ3v) is 6.87. The Morgan fingerprint density at radius 3 is 2.65 bits per heavy atom. The second-order valence-electron chi connectivity index (χ2n) is 6.78. The van der Waals surface area contributed by atoms with E-state index in [0.29, 0.717) is 30.3 Å². The molecule has 1 fully saturated rings. The molecule has 3 rings (SSSR count). The van der Waals surface area contributed by atoms with Crippen molar-refractivity contribution >= 4 is 21.6 Å². The Kier molecular flexibility index (Phi) is 4.23. The molecule has 1 aromatic carbocycles. The lowest BCUT2D eigenvalue weighted by atomic mass is 10.0. The molecule has 2 aliphatic heterocycles. The predicted molar refractivity (Wildman–Crippen MR) is 89.9 cm³/mol. The fourth-order valence-electron chi connectivity index (χ4n) is 3.73. The average molecular weight is 336 g/mol. The SMILES string of the molecule is CC(=O)N1CCc2cc(S(=O)(=O)N3CCCC3C(C)C)ccc21. The highest BCUT2D eigenvalue weighted by molar-refractivity contribution is 7.89. The lowest BCUT2D eigenvalue weighted by Crippen LogP contribution is -2.38. The third-order valence-electron chi connectivity index (χ3n) is 4.95. The van der Waals surface area contributed by atoms with Crippen molar-refractivity contribution in [2.24, 2.45) is 5.92 Å². The molecule has 2 aliphatic rings. The number of amides is 1. The van der Waals surface area contributed by atoms with Crippen LogP contribution in [0.25, 0.3) is 0 Å². The number of carbonyl (C=O) groups is 1. The first kappa shape index (κ1) is 16.5. The lowest BCUT2D eigenvalue weighted by molar-refractivity contribution is -0.116. The molecule has 0 radical (unpaired) electrons. The summed E-state index contributed by atoms with van der Waals surface area (Å²) in [5.74, 6) is 0.314. The molecule has 1 amide bonds. The normalized spacial score (nSPS) is 21.9. The molecule has 23 heavy (non-hydrogen) atoms. The van der Waals surface area contributed by atoms with Crippen molar-refractivity contribution in [3.05, 3.63) is 23.8 Å². The first-order chi connectivity index (χ1) is 10.8. The number of anilines is 1. The average Bonchev–Trinajstić information content (AvgIpc) is 3.13. The van der Waals surface area contributed by atoms with Gasteiger partial charge in [0.15, 0.2) is 0 Å². The van der Waals surface area contributed by atoms with E-state index in [1.165, 1.54) is 6.92 Å². The largest absolute Gasteiger partial charge is 0.312 e. The highest BCUT2D eigenvalue weighted by atomic mass is 32.2. The van der Waals surface area contributed by atoms with Gasteiger partial charge in [0.1, 0.15) is 0 Å². The molecule has 2 heterocycles. The molecular weight excluding hydrogens is 312 g/mol. The van der Waals surface area contributed by atoms with Crippen molar-refractivity contribution in [2.45, 2.75) is 51.0 Å². The molecule has 6 heteroatoms. The van der Waals surface area contributed by atoms with Crippen LogP contribution in [0.5, 0.6) is 0 Å². The minimum absolute atomic E-state index is 0.00114. The zero-order valence-electron chi connectivity index (χ0n) is 13.9. The summed E-state index contributed by atoms with van der Waals surface area (Å²) in [4.78, 5) is 13.7. The monoisotopic (exact) mass is 336 g/mol. The van der Waals surface area contributed by atoms with Crippen LogP contribution in [0.3, 0.4) is 0 Å². The molecule has 1 atom stereocenters. The van der Waals surface area contributed by atoms with Crippen LogP contribution < -0.4 is 4.90 Å². The van der Waals surface area contributed by atoms with Crippen LogP contribution in [-0.2, 0) is 21.2 Å². The molecule has 0 spiro atoms. The van der Waals surface area contributed by atoms with Gasteiger partial charge in [-0.1, -0.05) is 13.8 Å². The Morgan fingerprint density at radius 2 is 2.00 bits per heavy atom. The van der Waals surface area contributed by atoms with E-state index in [9.17, 15) is 13.2 Å². The van der Waals surface area contributed by atoms with Crippen LogP contribution in [-0.4, -0.2) is 37.8 Å². The molecule has 0 bridgehead atoms. The van der Waals surface area contributed by atoms with Crippen molar-refractivity contribution in [1.82, 2.24) is 4.31 Å². The Bertz CT molecular complexity index is 727. The van der Waals surface area contributed by atoms with E-state index < -0.39 is 10.0 Å². The molecule has 5 nitrogen and oxygen atoms in total. The maximum Gasteiger partial charge on any atom is 0.243 e. The van der Waals surface area contributed by atoms with Crippen LogP contribution >= 0.6 is 0 Å². The quantitative estimate of drug-likeness (QED) is 0.852. The van der Waals surface area contributed by atoms with E-state index in [2.05, 4.69) is 13.8 Å². The van der Waals surface area contributed by atoms with Crippen molar-refractivity contribution in [2.75, 3.05) is 18.0 Å². The number of hydrogen-bond donors (Lipinski definition) is 0. The maximum atomic E-state index is 13.0. The minimum atomic E-state index is -3.46. The second-order valence-corrected chi connectivity index (χ2v) is 8.67. The molecule has 126 valence electrons. The van der Waals surface area contributed by atoms with Crippen molar-refractivity contribution in [3.63, 3.8) is 0 Å². The molecule has 0 aromatic heterocycles. The first-order valence-electron chi connectivity index (χ1n) is 8.25. The van der Waals surface area contributed by atoms with E-state index in [1.54, 1.807) is 27.4 Å². The van der Waals surface area contributed by atoms with Gasteiger partial charge >= 0.3 is 0 Å². The molecule has 1 aromatic rings. The third kappa shape index (κ3) is 2.78. The fourth-order valence-corrected chi connectivity index (χ4v) is 5.61. The molecule has 0 N–H and O–H groups in total. The van der Waals surface area contributed by atoms with Gasteiger partial charge in [-0.2, -0.15) is 4.31 Å². The van der Waals surface area contributed by atoms with Crippen LogP contribution in [0.1, 0.15) is 39.2 Å². The van der Waals surface area contributed by atoms with E-state index in [-0.39, 0.29) is 11.9 Å². The minimum Gasteiger partial charge on any atom is -0.312 e. The maximum absolute atomic E-state index is 13.0. The summed E-state index contributed by atoms with van der Waals surface area (Å²) in [7, 11) is -3.46. The number of fused-ring (bicyclic) bond motifs is 1. The molecule has 0 saturated carbocycles. The molecular formula is C17H24N2O3S. The Morgan fingerprint density at radius 1 is 1.26 bits per heavy atom. The standard InChI is InChI=1S/C17H24N2O3S/c1-12(2)16-5-4-9-19(16)23(21,22)15-6-7-17-14(11-15)8-10-18(17)13(3)20/h6-7,11-12,16H,4-5,8-10H2,1-3H3. The summed E-state index contributed by atoms with van der Waals surface area (Å²) < 4.78 is 27.7. The van der Waals surface area contributed by atoms with Gasteiger partial charge < -0.3 is 4.90 Å². The predicted octanol–water partition coefficient (Wildman–Crippen LogP) is 2.40. The van der Waals surface area contributed by atoms with Crippen LogP contribution in [0, 0.1) is 5.92 Å². The Labute approximate surface area is 138 Å². The molecule has 0 aliphatic carbocycles. The Balaban J connectivity index is 1.95. The highest BCUT2D eigenvalue weighted by Crippen LogP contribution is 2.34. The van der Waals surface area contributed by atoms with E-state index in [4.69, 9.17) is 0 Å². The summed E-state index contributed by atoms with van der Waals surface area (Å²) >= 11 is 0. The highest BCUT2D eigenvalue weighted by Gasteiger charge is 2.37. The number of sulfonamides is 1. The first-order valence-corrected chi connectivity index (χ1v) is 9.69. The van der Waals surface area contributed by atoms with Gasteiger partial charge in [0.25, 0.3) is 0 Å². The number of rotatable bonds is 3. The molecule has 1 unspecified atom stereocenters. The summed E-state index contributed by atoms with van der Waals surface area (Å²) in [6.07, 6.45) is 2.57. The number of benzene rings is 1. The second kappa shape index (κ2) is 5.91. The summed E-state index contributed by atoms with van der Waals surface area (Å²) in [5, 5.41) is 0. The summed E-state index contributed by atoms with van der Waals surface area (Å²) in [5.41, 5.74) is 1.79. The smallest absolute Gasteiger partial charge is 0.243 e. The lowest BCUT2D eigenvalue weighted by Gasteiger charge is -2.27. The van der Waals surface area contributed by atoms with Crippen molar-refractivity contribution < 1.29 is 13.2 Å². The van der Waals surface area contributed by atoms with Gasteiger partial charge in [0, 0.05) is 31.7 Å². The van der Waals surface area contributed by atoms with Gasteiger partial charge in [-0.15, -0.1) is 0 Å². The summed E-state index contributed by atoms with van der Waals surface area (Å²) in [6, 6.07) is 5.26. The zero-order valence-corrected chi connectivity index (χ0v) is 14.8. The van der Waals surface area contributed by atoms with Crippen molar-refractivity contribution in [1.29, 1.82) is 0 Å². The fraction of sp³-hybridized carbons (Fsp3) is 0.588. The molecule has 1 saturated heterocycles. The number of hydrogen-bond acceptors (Lipinski definition) is 3. The van der Waals surface area contributed by atoms with E-state index in [1.807, 2.05) is 0 Å². The van der Waals surface area contributed by atoms with Gasteiger partial charge in [-0.3, -0.25) is 4.79 Å². The number of carbonyl (C=O) groups excluding carboxylic acids is 1. The van der Waals surface area contributed by atoms with Gasteiger partial charge in [-0.05, 0) is 48.9 Å². The zero-order chi connectivity index (χ0) is 16.8. The van der Waals surface area contributed by atoms with Crippen LogP contribution in [0.2, 0.25) is 0 Å². The van der Waals surface area contributed by atoms with Gasteiger partial charge in [0.2, 0.25) is 15.9 Å². The van der Waals surface area contributed by atoms with Gasteiger partial charge in [-0.25, -0.2) is 8.42 Å². The van der Waals surface area contributed by atoms with Crippen LogP contribution in [0.15, 0.2) is 23.1 Å². The van der Waals surface area contributed by atoms with Crippen LogP contribution in [0.4, 0.5) is 5.69 Å². The number of nitrogens with zero attached hydrogens (tertiary/aromatic N) is 2. The van der Waals surface area contributed by atoms with E-state index >= 15 is 0 Å². The topological polar surface area (TPSA) is 57.7 Å².